The van der Waals surface area contributed by atoms with Crippen LogP contribution in [0.15, 0.2) is 53.7 Å². The van der Waals surface area contributed by atoms with Crippen LogP contribution in [0.2, 0.25) is 5.02 Å². The summed E-state index contributed by atoms with van der Waals surface area (Å²) in [4.78, 5) is 12.3. The van der Waals surface area contributed by atoms with E-state index < -0.39 is 0 Å². The van der Waals surface area contributed by atoms with E-state index in [1.807, 2.05) is 22.8 Å². The van der Waals surface area contributed by atoms with Gasteiger partial charge in [-0.05, 0) is 24.6 Å². The maximum atomic E-state index is 13.7. The van der Waals surface area contributed by atoms with E-state index in [-0.39, 0.29) is 24.0 Å². The molecule has 6 nitrogen and oxygen atoms in total. The average molecular weight is 449 g/mol. The van der Waals surface area contributed by atoms with E-state index in [0.29, 0.717) is 34.7 Å². The number of amides is 1. The van der Waals surface area contributed by atoms with E-state index in [2.05, 4.69) is 15.5 Å². The number of benzene rings is 2. The number of aromatic nitrogens is 3. The molecule has 0 spiro atoms. The monoisotopic (exact) mass is 448 g/mol. The molecular formula is C21H22ClFN4O2S. The van der Waals surface area contributed by atoms with Crippen molar-refractivity contribution >= 4 is 29.3 Å². The predicted octanol–water partition coefficient (Wildman–Crippen LogP) is 4.18. The fourth-order valence-electron chi connectivity index (χ4n) is 2.82. The van der Waals surface area contributed by atoms with Crippen molar-refractivity contribution in [2.45, 2.75) is 24.7 Å². The van der Waals surface area contributed by atoms with Gasteiger partial charge in [0, 0.05) is 37.9 Å². The molecule has 0 fully saturated rings. The van der Waals surface area contributed by atoms with Gasteiger partial charge in [0.15, 0.2) is 11.0 Å². The third kappa shape index (κ3) is 5.81. The van der Waals surface area contributed by atoms with Gasteiger partial charge in [-0.1, -0.05) is 53.7 Å². The van der Waals surface area contributed by atoms with Crippen molar-refractivity contribution in [1.29, 1.82) is 0 Å². The smallest absolute Gasteiger partial charge is 0.230 e. The van der Waals surface area contributed by atoms with Crippen LogP contribution in [-0.4, -0.2) is 40.1 Å². The number of hydrogen-bond acceptors (Lipinski definition) is 5. The SMILES string of the molecule is COCCCn1c(SCC(=O)NCc2ccccc2F)nnc1-c1ccccc1Cl. The fraction of sp³-hybridized carbons (Fsp3) is 0.286. The number of nitrogens with zero attached hydrogens (tertiary/aromatic N) is 3. The van der Waals surface area contributed by atoms with Gasteiger partial charge in [0.2, 0.25) is 5.91 Å². The Kier molecular flexibility index (Phi) is 8.24. The molecule has 2 aromatic carbocycles. The second kappa shape index (κ2) is 11.1. The summed E-state index contributed by atoms with van der Waals surface area (Å²) < 4.78 is 20.8. The third-order valence-corrected chi connectivity index (χ3v) is 5.62. The summed E-state index contributed by atoms with van der Waals surface area (Å²) >= 11 is 7.61. The molecule has 0 saturated carbocycles. The lowest BCUT2D eigenvalue weighted by molar-refractivity contribution is -0.118. The van der Waals surface area contributed by atoms with Crippen LogP contribution in [0.4, 0.5) is 4.39 Å². The standard InChI is InChI=1S/C21H22ClFN4O2S/c1-29-12-6-11-27-20(16-8-3-4-9-17(16)22)25-26-21(27)30-14-19(28)24-13-15-7-2-5-10-18(15)23/h2-5,7-10H,6,11-14H2,1H3,(H,24,28). The van der Waals surface area contributed by atoms with Crippen LogP contribution in [0.1, 0.15) is 12.0 Å². The summed E-state index contributed by atoms with van der Waals surface area (Å²) in [7, 11) is 1.65. The number of carbonyl (C=O) groups excluding carboxylic acids is 1. The van der Waals surface area contributed by atoms with Gasteiger partial charge in [-0.25, -0.2) is 4.39 Å². The molecule has 0 aliphatic heterocycles. The van der Waals surface area contributed by atoms with Crippen molar-refractivity contribution in [2.24, 2.45) is 0 Å². The molecule has 1 heterocycles. The first-order valence-electron chi connectivity index (χ1n) is 9.40. The Morgan fingerprint density at radius 3 is 2.73 bits per heavy atom. The van der Waals surface area contributed by atoms with Gasteiger partial charge in [0.25, 0.3) is 0 Å². The van der Waals surface area contributed by atoms with Crippen molar-refractivity contribution in [3.05, 3.63) is 64.9 Å². The minimum Gasteiger partial charge on any atom is -0.385 e. The number of methoxy groups -OCH3 is 1. The Balaban J connectivity index is 1.68. The normalized spacial score (nSPS) is 10.9. The number of nitrogens with one attached hydrogen (secondary N) is 1. The van der Waals surface area contributed by atoms with Crippen LogP contribution in [0.25, 0.3) is 11.4 Å². The highest BCUT2D eigenvalue weighted by Crippen LogP contribution is 2.29. The van der Waals surface area contributed by atoms with Gasteiger partial charge < -0.3 is 14.6 Å². The first-order chi connectivity index (χ1) is 14.6. The zero-order valence-corrected chi connectivity index (χ0v) is 18.0. The predicted molar refractivity (Wildman–Crippen MR) is 116 cm³/mol. The maximum Gasteiger partial charge on any atom is 0.230 e. The van der Waals surface area contributed by atoms with Gasteiger partial charge in [-0.2, -0.15) is 0 Å². The second-order valence-corrected chi connectivity index (χ2v) is 7.79. The molecule has 0 saturated heterocycles. The van der Waals surface area contributed by atoms with Crippen molar-refractivity contribution < 1.29 is 13.9 Å². The molecule has 9 heteroatoms. The molecule has 3 rings (SSSR count). The van der Waals surface area contributed by atoms with Crippen molar-refractivity contribution in [1.82, 2.24) is 20.1 Å². The van der Waals surface area contributed by atoms with Crippen LogP contribution < -0.4 is 5.32 Å². The fourth-order valence-corrected chi connectivity index (χ4v) is 3.84. The van der Waals surface area contributed by atoms with Crippen LogP contribution >= 0.6 is 23.4 Å². The third-order valence-electron chi connectivity index (χ3n) is 4.33. The Morgan fingerprint density at radius 2 is 1.97 bits per heavy atom. The zero-order chi connectivity index (χ0) is 21.3. The highest BCUT2D eigenvalue weighted by atomic mass is 35.5. The largest absolute Gasteiger partial charge is 0.385 e. The van der Waals surface area contributed by atoms with Gasteiger partial charge in [0.05, 0.1) is 10.8 Å². The number of ether oxygens (including phenoxy) is 1. The second-order valence-electron chi connectivity index (χ2n) is 6.44. The molecular weight excluding hydrogens is 427 g/mol. The summed E-state index contributed by atoms with van der Waals surface area (Å²) in [6, 6.07) is 13.8. The van der Waals surface area contributed by atoms with Gasteiger partial charge in [-0.3, -0.25) is 4.79 Å². The average Bonchev–Trinajstić information content (AvgIpc) is 3.15. The minimum absolute atomic E-state index is 0.136. The zero-order valence-electron chi connectivity index (χ0n) is 16.5. The summed E-state index contributed by atoms with van der Waals surface area (Å²) in [5, 5.41) is 12.5. The number of halogens is 2. The molecule has 0 atom stereocenters. The van der Waals surface area contributed by atoms with Crippen molar-refractivity contribution in [3.63, 3.8) is 0 Å². The van der Waals surface area contributed by atoms with Crippen LogP contribution in [0.5, 0.6) is 0 Å². The Bertz CT molecular complexity index is 999. The van der Waals surface area contributed by atoms with E-state index in [9.17, 15) is 9.18 Å². The first-order valence-corrected chi connectivity index (χ1v) is 10.8. The molecule has 0 bridgehead atoms. The maximum absolute atomic E-state index is 13.7. The molecule has 0 aliphatic carbocycles. The van der Waals surface area contributed by atoms with E-state index >= 15 is 0 Å². The molecule has 1 amide bonds. The van der Waals surface area contributed by atoms with Crippen LogP contribution in [-0.2, 0) is 22.6 Å². The van der Waals surface area contributed by atoms with E-state index in [4.69, 9.17) is 16.3 Å². The summed E-state index contributed by atoms with van der Waals surface area (Å²) in [5.74, 6) is 0.229. The van der Waals surface area contributed by atoms with E-state index in [1.54, 1.807) is 31.4 Å². The minimum atomic E-state index is -0.340. The first kappa shape index (κ1) is 22.3. The van der Waals surface area contributed by atoms with Gasteiger partial charge in [-0.15, -0.1) is 10.2 Å². The molecule has 0 radical (unpaired) electrons. The molecule has 1 aromatic heterocycles. The summed E-state index contributed by atoms with van der Waals surface area (Å²) in [6.07, 6.45) is 0.763. The quantitative estimate of drug-likeness (QED) is 0.372. The number of rotatable bonds is 10. The van der Waals surface area contributed by atoms with Gasteiger partial charge >= 0.3 is 0 Å². The Hall–Kier alpha value is -2.42. The Labute approximate surface area is 183 Å². The Morgan fingerprint density at radius 1 is 1.20 bits per heavy atom. The van der Waals surface area contributed by atoms with Crippen molar-refractivity contribution in [3.8, 4) is 11.4 Å². The lowest BCUT2D eigenvalue weighted by Crippen LogP contribution is -2.25. The van der Waals surface area contributed by atoms with E-state index in [1.165, 1.54) is 17.8 Å². The summed E-state index contributed by atoms with van der Waals surface area (Å²) in [5.41, 5.74) is 1.22. The lowest BCUT2D eigenvalue weighted by atomic mass is 10.2. The highest BCUT2D eigenvalue weighted by Gasteiger charge is 2.17. The molecule has 30 heavy (non-hydrogen) atoms. The highest BCUT2D eigenvalue weighted by molar-refractivity contribution is 7.99. The van der Waals surface area contributed by atoms with E-state index in [0.717, 1.165) is 12.0 Å². The van der Waals surface area contributed by atoms with Crippen LogP contribution in [0.3, 0.4) is 0 Å². The topological polar surface area (TPSA) is 69.0 Å². The number of thioether (sulfide) groups is 1. The molecule has 1 N–H and O–H groups in total. The summed E-state index contributed by atoms with van der Waals surface area (Å²) in [6.45, 7) is 1.35. The number of hydrogen-bond donors (Lipinski definition) is 1. The molecule has 158 valence electrons. The lowest BCUT2D eigenvalue weighted by Gasteiger charge is -2.11. The number of carbonyl (C=O) groups is 1. The van der Waals surface area contributed by atoms with Gasteiger partial charge in [0.1, 0.15) is 5.82 Å². The molecule has 3 aromatic rings. The van der Waals surface area contributed by atoms with Crippen molar-refractivity contribution in [2.75, 3.05) is 19.5 Å². The molecule has 0 aliphatic rings. The van der Waals surface area contributed by atoms with Crippen LogP contribution in [0, 0.1) is 5.82 Å². The molecule has 0 unspecified atom stereocenters.